The first-order valence-corrected chi connectivity index (χ1v) is 11.1. The summed E-state index contributed by atoms with van der Waals surface area (Å²) in [6, 6.07) is 3.62. The van der Waals surface area contributed by atoms with E-state index in [1.807, 2.05) is 6.07 Å². The van der Waals surface area contributed by atoms with Gasteiger partial charge in [0, 0.05) is 57.0 Å². The van der Waals surface area contributed by atoms with Crippen LogP contribution >= 0.6 is 0 Å². The summed E-state index contributed by atoms with van der Waals surface area (Å²) in [7, 11) is 0. The zero-order valence-corrected chi connectivity index (χ0v) is 19.0. The van der Waals surface area contributed by atoms with Crippen molar-refractivity contribution in [3.8, 4) is 11.4 Å². The molecule has 0 aliphatic carbocycles. The number of carbonyl (C=O) groups excluding carboxylic acids is 2. The van der Waals surface area contributed by atoms with Crippen molar-refractivity contribution in [2.45, 2.75) is 18.8 Å². The van der Waals surface area contributed by atoms with E-state index in [2.05, 4.69) is 25.1 Å². The molecule has 0 saturated carbocycles. The molecule has 5 N–H and O–H groups in total. The molecule has 12 nitrogen and oxygen atoms in total. The molecule has 4 aromatic heterocycles. The van der Waals surface area contributed by atoms with Crippen molar-refractivity contribution in [1.82, 2.24) is 30.0 Å². The van der Waals surface area contributed by atoms with E-state index in [1.54, 1.807) is 18.5 Å². The summed E-state index contributed by atoms with van der Waals surface area (Å²) < 4.78 is 20.1. The summed E-state index contributed by atoms with van der Waals surface area (Å²) in [5, 5.41) is 5.03. The molecule has 1 fully saturated rings. The van der Waals surface area contributed by atoms with Crippen molar-refractivity contribution in [3.63, 3.8) is 0 Å². The number of H-pyrrole nitrogens is 1. The van der Waals surface area contributed by atoms with Gasteiger partial charge in [-0.25, -0.2) is 15.2 Å². The van der Waals surface area contributed by atoms with Gasteiger partial charge in [-0.3, -0.25) is 19.6 Å². The van der Waals surface area contributed by atoms with Crippen molar-refractivity contribution >= 4 is 28.4 Å². The highest BCUT2D eigenvalue weighted by atomic mass is 19.1. The van der Waals surface area contributed by atoms with E-state index in [4.69, 9.17) is 16.1 Å². The van der Waals surface area contributed by atoms with E-state index in [0.717, 1.165) is 16.8 Å². The van der Waals surface area contributed by atoms with Crippen LogP contribution in [0.4, 0.5) is 10.2 Å². The van der Waals surface area contributed by atoms with Crippen molar-refractivity contribution in [3.05, 3.63) is 66.6 Å². The second-order valence-corrected chi connectivity index (χ2v) is 8.22. The number of hydrogen-bond donors (Lipinski definition) is 3. The van der Waals surface area contributed by atoms with Crippen molar-refractivity contribution in [1.29, 1.82) is 0 Å². The largest absolute Gasteiger partial charge is 0.403 e. The molecule has 13 heteroatoms. The standard InChI is InChI=1S/C23H22FN9O3.H2/c24-16-12-29-21(33(26)9-5-25)18-17(16)15(11-28-18)19(34)23(35)32-7-3-13(4-8-32)22-30-20(31-36-22)14-2-1-6-27-10-14;/h1-2,5-6,9-13,28H,3-4,7-8,25-26H2;1H/b9-5-;. The van der Waals surface area contributed by atoms with E-state index in [1.165, 1.54) is 23.5 Å². The summed E-state index contributed by atoms with van der Waals surface area (Å²) in [6.07, 6.45) is 9.11. The molecule has 0 aromatic carbocycles. The Hall–Kier alpha value is -4.65. The lowest BCUT2D eigenvalue weighted by molar-refractivity contribution is -0.127. The van der Waals surface area contributed by atoms with Gasteiger partial charge in [0.05, 0.1) is 22.7 Å². The van der Waals surface area contributed by atoms with Gasteiger partial charge in [0.2, 0.25) is 11.7 Å². The molecule has 0 atom stereocenters. The van der Waals surface area contributed by atoms with E-state index < -0.39 is 17.5 Å². The third kappa shape index (κ3) is 4.15. The number of Topliss-reactive ketones (excluding diaryl/α,β-unsaturated/α-hetero) is 1. The highest BCUT2D eigenvalue weighted by Crippen LogP contribution is 2.31. The fraction of sp³-hybridized carbons (Fsp3) is 0.217. The molecule has 186 valence electrons. The fourth-order valence-electron chi connectivity index (χ4n) is 4.23. The van der Waals surface area contributed by atoms with Gasteiger partial charge in [0.25, 0.3) is 11.7 Å². The SMILES string of the molecule is N/C=C\N(N)c1ncc(F)c2c(C(=O)C(=O)N3CCC(c4nc(-c5cccnc5)no4)CC3)c[nH]c12.[HH]. The third-order valence-electron chi connectivity index (χ3n) is 6.07. The first-order valence-electron chi connectivity index (χ1n) is 11.1. The molecular weight excluding hydrogens is 469 g/mol. The molecule has 0 bridgehead atoms. The Labute approximate surface area is 205 Å². The van der Waals surface area contributed by atoms with Gasteiger partial charge < -0.3 is 20.1 Å². The normalized spacial score (nSPS) is 14.6. The van der Waals surface area contributed by atoms with Crippen LogP contribution in [0.5, 0.6) is 0 Å². The number of aromatic nitrogens is 5. The lowest BCUT2D eigenvalue weighted by atomic mass is 9.96. The number of fused-ring (bicyclic) bond motifs is 1. The Bertz CT molecular complexity index is 1450. The van der Waals surface area contributed by atoms with Gasteiger partial charge in [-0.05, 0) is 25.0 Å². The number of amides is 1. The Kier molecular flexibility index (Phi) is 6.12. The third-order valence-corrected chi connectivity index (χ3v) is 6.07. The van der Waals surface area contributed by atoms with Crippen molar-refractivity contribution in [2.75, 3.05) is 18.1 Å². The summed E-state index contributed by atoms with van der Waals surface area (Å²) in [4.78, 5) is 42.8. The minimum absolute atomic E-state index is 0. The Morgan fingerprint density at radius 2 is 2.11 bits per heavy atom. The van der Waals surface area contributed by atoms with E-state index in [-0.39, 0.29) is 29.6 Å². The predicted octanol–water partition coefficient (Wildman–Crippen LogP) is 2.09. The Balaban J connectivity index is 0.00000320. The maximum atomic E-state index is 14.7. The molecule has 5 heterocycles. The van der Waals surface area contributed by atoms with Gasteiger partial charge >= 0.3 is 0 Å². The van der Waals surface area contributed by atoms with Crippen LogP contribution in [0.15, 0.2) is 53.8 Å². The monoisotopic (exact) mass is 493 g/mol. The van der Waals surface area contributed by atoms with Gasteiger partial charge in [-0.15, -0.1) is 0 Å². The van der Waals surface area contributed by atoms with E-state index >= 15 is 0 Å². The Morgan fingerprint density at radius 1 is 1.31 bits per heavy atom. The molecule has 0 radical (unpaired) electrons. The maximum absolute atomic E-state index is 14.7. The second-order valence-electron chi connectivity index (χ2n) is 8.22. The fourth-order valence-corrected chi connectivity index (χ4v) is 4.23. The molecule has 4 aromatic rings. The summed E-state index contributed by atoms with van der Waals surface area (Å²) in [6.45, 7) is 0.630. The summed E-state index contributed by atoms with van der Waals surface area (Å²) >= 11 is 0. The highest BCUT2D eigenvalue weighted by molar-refractivity contribution is 6.45. The zero-order valence-electron chi connectivity index (χ0n) is 19.0. The molecule has 1 saturated heterocycles. The lowest BCUT2D eigenvalue weighted by Crippen LogP contribution is -2.41. The average Bonchev–Trinajstić information content (AvgIpc) is 3.58. The number of aromatic amines is 1. The van der Waals surface area contributed by atoms with Crippen LogP contribution in [0.2, 0.25) is 0 Å². The molecule has 1 aliphatic rings. The first-order chi connectivity index (χ1) is 17.5. The molecule has 0 spiro atoms. The van der Waals surface area contributed by atoms with E-state index in [9.17, 15) is 14.0 Å². The first kappa shape index (κ1) is 23.1. The topological polar surface area (TPSA) is 173 Å². The number of nitrogens with two attached hydrogens (primary N) is 2. The number of nitrogens with one attached hydrogen (secondary N) is 1. The van der Waals surface area contributed by atoms with Gasteiger partial charge in [-0.1, -0.05) is 5.16 Å². The number of ketones is 1. The number of rotatable bonds is 6. The minimum atomic E-state index is -0.828. The van der Waals surface area contributed by atoms with E-state index in [0.29, 0.717) is 37.6 Å². The number of carbonyl (C=O) groups is 2. The summed E-state index contributed by atoms with van der Waals surface area (Å²) in [5.41, 5.74) is 6.18. The van der Waals surface area contributed by atoms with Crippen molar-refractivity contribution in [2.24, 2.45) is 11.6 Å². The molecule has 1 aliphatic heterocycles. The summed E-state index contributed by atoms with van der Waals surface area (Å²) in [5.74, 6) is 4.57. The van der Waals surface area contributed by atoms with Crippen LogP contribution in [0.25, 0.3) is 22.3 Å². The molecule has 0 unspecified atom stereocenters. The smallest absolute Gasteiger partial charge is 0.295 e. The van der Waals surface area contributed by atoms with Crippen LogP contribution in [0.1, 0.15) is 36.4 Å². The molecule has 1 amide bonds. The van der Waals surface area contributed by atoms with Gasteiger partial charge in [0.15, 0.2) is 11.6 Å². The Morgan fingerprint density at radius 3 is 2.83 bits per heavy atom. The van der Waals surface area contributed by atoms with Crippen LogP contribution in [-0.2, 0) is 4.79 Å². The number of pyridine rings is 2. The van der Waals surface area contributed by atoms with Gasteiger partial charge in [0.1, 0.15) is 0 Å². The number of hydrogen-bond acceptors (Lipinski definition) is 10. The molecular formula is C23H24FN9O3. The second kappa shape index (κ2) is 9.54. The highest BCUT2D eigenvalue weighted by Gasteiger charge is 2.32. The zero-order chi connectivity index (χ0) is 25.2. The van der Waals surface area contributed by atoms with Crippen LogP contribution in [0.3, 0.4) is 0 Å². The molecule has 5 rings (SSSR count). The van der Waals surface area contributed by atoms with Crippen LogP contribution < -0.4 is 16.6 Å². The maximum Gasteiger partial charge on any atom is 0.295 e. The predicted molar refractivity (Wildman–Crippen MR) is 129 cm³/mol. The van der Waals surface area contributed by atoms with Gasteiger partial charge in [-0.2, -0.15) is 4.98 Å². The number of hydrazine groups is 1. The minimum Gasteiger partial charge on any atom is -0.403 e. The quantitative estimate of drug-likeness (QED) is 0.156. The number of piperidine rings is 1. The van der Waals surface area contributed by atoms with Crippen molar-refractivity contribution < 1.29 is 19.9 Å². The lowest BCUT2D eigenvalue weighted by Gasteiger charge is -2.29. The molecule has 36 heavy (non-hydrogen) atoms. The number of nitrogens with zero attached hydrogens (tertiary/aromatic N) is 6. The number of anilines is 1. The average molecular weight is 494 g/mol. The van der Waals surface area contributed by atoms with Crippen LogP contribution in [-0.4, -0.2) is 54.8 Å². The van der Waals surface area contributed by atoms with Crippen LogP contribution in [0, 0.1) is 5.82 Å². The number of halogens is 1. The number of likely N-dealkylation sites (tertiary alicyclic amines) is 1.